The van der Waals surface area contributed by atoms with Crippen LogP contribution in [0.1, 0.15) is 32.1 Å². The van der Waals surface area contributed by atoms with Crippen molar-refractivity contribution in [3.05, 3.63) is 6.92 Å². The second-order valence-electron chi connectivity index (χ2n) is 5.07. The third-order valence-electron chi connectivity index (χ3n) is 3.74. The Kier molecular flexibility index (Phi) is 7.11. The van der Waals surface area contributed by atoms with Crippen molar-refractivity contribution in [2.45, 2.75) is 56.5 Å². The van der Waals surface area contributed by atoms with E-state index in [0.717, 1.165) is 38.6 Å². The van der Waals surface area contributed by atoms with Gasteiger partial charge < -0.3 is 32.7 Å². The minimum absolute atomic E-state index is 0.242. The Morgan fingerprint density at radius 2 is 1.56 bits per heavy atom. The first-order valence-corrected chi connectivity index (χ1v) is 6.81. The molecule has 108 valence electrons. The molecule has 1 fully saturated rings. The largest absolute Gasteiger partial charge is 0.396 e. The lowest BCUT2D eigenvalue weighted by molar-refractivity contribution is -0.0311. The highest BCUT2D eigenvalue weighted by molar-refractivity contribution is 5.01. The summed E-state index contributed by atoms with van der Waals surface area (Å²) < 4.78 is 0. The molecule has 1 rings (SSSR count). The molecule has 0 aliphatic heterocycles. The van der Waals surface area contributed by atoms with Gasteiger partial charge in [0.15, 0.2) is 0 Å². The molecule has 5 heteroatoms. The molecular formula is C13H26NO4-. The van der Waals surface area contributed by atoms with E-state index in [1.165, 1.54) is 0 Å². The van der Waals surface area contributed by atoms with Gasteiger partial charge in [0.05, 0.1) is 18.8 Å². The van der Waals surface area contributed by atoms with Crippen LogP contribution >= 0.6 is 0 Å². The third kappa shape index (κ3) is 3.90. The van der Waals surface area contributed by atoms with E-state index >= 15 is 0 Å². The molecule has 18 heavy (non-hydrogen) atoms. The predicted octanol–water partition coefficient (Wildman–Crippen LogP) is -0.566. The highest BCUT2D eigenvalue weighted by atomic mass is 16.4. The average Bonchev–Trinajstić information content (AvgIpc) is 2.58. The molecule has 1 saturated carbocycles. The maximum absolute atomic E-state index is 9.78. The van der Waals surface area contributed by atoms with Gasteiger partial charge in [0.1, 0.15) is 6.10 Å². The number of hydrogen-bond donors (Lipinski definition) is 5. The number of rotatable bonds is 8. The zero-order valence-corrected chi connectivity index (χ0v) is 10.8. The topological polar surface area (TPSA) is 93.0 Å². The summed E-state index contributed by atoms with van der Waals surface area (Å²) in [5, 5.41) is 41.3. The molecule has 0 unspecified atom stereocenters. The first kappa shape index (κ1) is 15.9. The molecule has 0 spiro atoms. The van der Waals surface area contributed by atoms with E-state index in [0.29, 0.717) is 0 Å². The fourth-order valence-corrected chi connectivity index (χ4v) is 2.55. The summed E-state index contributed by atoms with van der Waals surface area (Å²) in [5.74, 6) is -0.505. The van der Waals surface area contributed by atoms with Crippen LogP contribution in [0.3, 0.4) is 0 Å². The fraction of sp³-hybridized carbons (Fsp3) is 0.923. The van der Waals surface area contributed by atoms with Crippen molar-refractivity contribution in [1.82, 2.24) is 5.32 Å². The van der Waals surface area contributed by atoms with Crippen LogP contribution in [0.5, 0.6) is 0 Å². The Bertz CT molecular complexity index is 227. The molecule has 0 saturated heterocycles. The number of nitrogens with one attached hydrogen (secondary N) is 1. The third-order valence-corrected chi connectivity index (χ3v) is 3.74. The van der Waals surface area contributed by atoms with Crippen molar-refractivity contribution in [2.75, 3.05) is 13.2 Å². The minimum Gasteiger partial charge on any atom is -0.396 e. The maximum Gasteiger partial charge on any atom is 0.108 e. The van der Waals surface area contributed by atoms with Crippen LogP contribution in [0.2, 0.25) is 0 Å². The van der Waals surface area contributed by atoms with Gasteiger partial charge in [0.25, 0.3) is 0 Å². The summed E-state index contributed by atoms with van der Waals surface area (Å²) >= 11 is 0. The molecule has 0 bridgehead atoms. The van der Waals surface area contributed by atoms with Gasteiger partial charge in [-0.3, -0.25) is 0 Å². The summed E-state index contributed by atoms with van der Waals surface area (Å²) in [4.78, 5) is 0. The van der Waals surface area contributed by atoms with Crippen LogP contribution < -0.4 is 5.32 Å². The smallest absolute Gasteiger partial charge is 0.108 e. The molecule has 5 atom stereocenters. The lowest BCUT2D eigenvalue weighted by atomic mass is 10.0. The van der Waals surface area contributed by atoms with E-state index in [9.17, 15) is 20.4 Å². The van der Waals surface area contributed by atoms with Crippen LogP contribution in [0.25, 0.3) is 0 Å². The summed E-state index contributed by atoms with van der Waals surface area (Å²) in [7, 11) is 0. The Morgan fingerprint density at radius 1 is 0.889 bits per heavy atom. The van der Waals surface area contributed by atoms with Gasteiger partial charge in [0, 0.05) is 12.0 Å². The Balaban J connectivity index is 2.27. The number of aliphatic hydroxyl groups excluding tert-OH is 4. The normalized spacial score (nSPS) is 36.2. The predicted molar refractivity (Wildman–Crippen MR) is 68.8 cm³/mol. The second-order valence-corrected chi connectivity index (χ2v) is 5.07. The van der Waals surface area contributed by atoms with Crippen molar-refractivity contribution in [1.29, 1.82) is 0 Å². The molecule has 5 N–H and O–H groups in total. The molecule has 0 aromatic heterocycles. The average molecular weight is 260 g/mol. The number of aliphatic hydroxyl groups is 4. The number of hydrogen-bond acceptors (Lipinski definition) is 5. The van der Waals surface area contributed by atoms with Crippen molar-refractivity contribution < 1.29 is 20.4 Å². The highest BCUT2D eigenvalue weighted by Gasteiger charge is 2.47. The highest BCUT2D eigenvalue weighted by Crippen LogP contribution is 2.27. The quantitative estimate of drug-likeness (QED) is 0.298. The van der Waals surface area contributed by atoms with E-state index in [4.69, 9.17) is 0 Å². The standard InChI is InChI=1S/C13H26NO4/c1-2-3-4-5-6-7-14-10-9(8-15)11(16)13(18)12(10)17/h9-18H,1-8H2/q-1/t9-,10+,11+,12-,13-/m0/s1. The van der Waals surface area contributed by atoms with Gasteiger partial charge in [0.2, 0.25) is 0 Å². The van der Waals surface area contributed by atoms with Crippen molar-refractivity contribution in [3.63, 3.8) is 0 Å². The van der Waals surface area contributed by atoms with E-state index in [1.54, 1.807) is 0 Å². The molecule has 0 amide bonds. The summed E-state index contributed by atoms with van der Waals surface area (Å²) in [6.45, 7) is 4.26. The van der Waals surface area contributed by atoms with Gasteiger partial charge >= 0.3 is 0 Å². The zero-order valence-electron chi connectivity index (χ0n) is 10.8. The van der Waals surface area contributed by atoms with Gasteiger partial charge in [-0.05, 0) is 13.0 Å². The summed E-state index contributed by atoms with van der Waals surface area (Å²) in [5.41, 5.74) is 0. The molecular weight excluding hydrogens is 234 g/mol. The molecule has 0 aromatic carbocycles. The second kappa shape index (κ2) is 8.07. The van der Waals surface area contributed by atoms with Crippen LogP contribution in [0.4, 0.5) is 0 Å². The monoisotopic (exact) mass is 260 g/mol. The first-order chi connectivity index (χ1) is 8.63. The lowest BCUT2D eigenvalue weighted by Crippen LogP contribution is -2.44. The van der Waals surface area contributed by atoms with Crippen LogP contribution in [-0.4, -0.2) is 57.9 Å². The van der Waals surface area contributed by atoms with Crippen molar-refractivity contribution in [3.8, 4) is 0 Å². The zero-order chi connectivity index (χ0) is 13.5. The maximum atomic E-state index is 9.78. The number of unbranched alkanes of at least 4 members (excludes halogenated alkanes) is 4. The molecule has 0 radical (unpaired) electrons. The van der Waals surface area contributed by atoms with Gasteiger partial charge in [-0.15, -0.1) is 0 Å². The fourth-order valence-electron chi connectivity index (χ4n) is 2.55. The van der Waals surface area contributed by atoms with E-state index in [-0.39, 0.29) is 6.61 Å². The van der Waals surface area contributed by atoms with Gasteiger partial charge in [-0.2, -0.15) is 6.42 Å². The van der Waals surface area contributed by atoms with Gasteiger partial charge in [-0.25, -0.2) is 0 Å². The molecule has 0 heterocycles. The Morgan fingerprint density at radius 3 is 2.17 bits per heavy atom. The first-order valence-electron chi connectivity index (χ1n) is 6.81. The van der Waals surface area contributed by atoms with E-state index < -0.39 is 30.3 Å². The SMILES string of the molecule is [CH2-]CCCCCCN[C@H]1[C@H](O)[C@@H](O)[C@H](O)[C@H]1CO. The molecule has 0 aromatic rings. The Hall–Kier alpha value is -0.200. The summed E-state index contributed by atoms with van der Waals surface area (Å²) in [6, 6.07) is -0.437. The van der Waals surface area contributed by atoms with E-state index in [1.807, 2.05) is 0 Å². The van der Waals surface area contributed by atoms with E-state index in [2.05, 4.69) is 12.2 Å². The van der Waals surface area contributed by atoms with Gasteiger partial charge in [-0.1, -0.05) is 19.3 Å². The van der Waals surface area contributed by atoms with Crippen LogP contribution in [0.15, 0.2) is 0 Å². The summed E-state index contributed by atoms with van der Waals surface area (Å²) in [6.07, 6.45) is 2.06. The minimum atomic E-state index is -1.18. The van der Waals surface area contributed by atoms with Crippen molar-refractivity contribution in [2.24, 2.45) is 5.92 Å². The molecule has 5 nitrogen and oxygen atoms in total. The Labute approximate surface area is 109 Å². The van der Waals surface area contributed by atoms with Crippen molar-refractivity contribution >= 4 is 0 Å². The molecule has 1 aliphatic rings. The molecule has 1 aliphatic carbocycles. The van der Waals surface area contributed by atoms with Crippen LogP contribution in [0, 0.1) is 12.8 Å². The van der Waals surface area contributed by atoms with Crippen LogP contribution in [-0.2, 0) is 0 Å². The lowest BCUT2D eigenvalue weighted by Gasteiger charge is -2.22.